The SMILES string of the molecule is C=C/C(=C\C(O)=C/C)CC1CC1C.CCOC(C)=O. The Hall–Kier alpha value is -1.51. The Labute approximate surface area is 116 Å². The van der Waals surface area contributed by atoms with Gasteiger partial charge in [0, 0.05) is 6.92 Å². The maximum atomic E-state index is 9.82. The summed E-state index contributed by atoms with van der Waals surface area (Å²) >= 11 is 0. The topological polar surface area (TPSA) is 46.5 Å². The second kappa shape index (κ2) is 9.42. The molecule has 0 spiro atoms. The Bertz CT molecular complexity index is 353. The van der Waals surface area contributed by atoms with Gasteiger partial charge in [0.05, 0.1) is 6.61 Å². The summed E-state index contributed by atoms with van der Waals surface area (Å²) in [5.41, 5.74) is 1.14. The third kappa shape index (κ3) is 9.11. The van der Waals surface area contributed by atoms with E-state index < -0.39 is 0 Å². The number of allylic oxidation sites excluding steroid dienone is 4. The lowest BCUT2D eigenvalue weighted by Gasteiger charge is -2.00. The van der Waals surface area contributed by atoms with E-state index in [-0.39, 0.29) is 5.97 Å². The first-order valence-corrected chi connectivity index (χ1v) is 6.76. The molecule has 0 radical (unpaired) electrons. The van der Waals surface area contributed by atoms with Crippen molar-refractivity contribution >= 4 is 5.97 Å². The molecule has 2 atom stereocenters. The van der Waals surface area contributed by atoms with Crippen molar-refractivity contribution in [1.29, 1.82) is 0 Å². The average Bonchev–Trinajstić information content (AvgIpc) is 3.04. The molecule has 1 aliphatic carbocycles. The van der Waals surface area contributed by atoms with E-state index in [1.165, 1.54) is 13.3 Å². The molecule has 1 saturated carbocycles. The maximum absolute atomic E-state index is 9.82. The van der Waals surface area contributed by atoms with Crippen molar-refractivity contribution in [3.8, 4) is 0 Å². The molecule has 3 nitrogen and oxygen atoms in total. The Balaban J connectivity index is 0.000000459. The summed E-state index contributed by atoms with van der Waals surface area (Å²) in [5.74, 6) is 1.80. The van der Waals surface area contributed by atoms with E-state index in [4.69, 9.17) is 0 Å². The van der Waals surface area contributed by atoms with Crippen LogP contribution in [0.25, 0.3) is 0 Å². The number of aliphatic hydroxyl groups is 1. The highest BCUT2D eigenvalue weighted by atomic mass is 16.5. The average molecular weight is 266 g/mol. The lowest BCUT2D eigenvalue weighted by atomic mass is 10.1. The van der Waals surface area contributed by atoms with Crippen LogP contribution in [0.2, 0.25) is 0 Å². The van der Waals surface area contributed by atoms with Gasteiger partial charge in [-0.3, -0.25) is 4.79 Å². The summed E-state index contributed by atoms with van der Waals surface area (Å²) in [6.45, 7) is 11.5. The van der Waals surface area contributed by atoms with Crippen molar-refractivity contribution in [2.45, 2.75) is 40.5 Å². The highest BCUT2D eigenvalue weighted by Crippen LogP contribution is 2.42. The Morgan fingerprint density at radius 3 is 2.37 bits per heavy atom. The standard InChI is InChI=1S/C12H18O.C4H8O2/c1-4-10(8-12(13)5-2)7-11-6-9(11)3;1-3-6-4(2)5/h4-5,8-9,11,13H,1,6-7H2,2-3H3;3H2,1-2H3/b10-8+,12-5+;. The summed E-state index contributed by atoms with van der Waals surface area (Å²) < 4.78 is 4.40. The van der Waals surface area contributed by atoms with Crippen molar-refractivity contribution < 1.29 is 14.6 Å². The minimum atomic E-state index is -0.211. The molecule has 0 heterocycles. The van der Waals surface area contributed by atoms with Crippen molar-refractivity contribution in [3.63, 3.8) is 0 Å². The number of ether oxygens (including phenoxy) is 1. The molecule has 1 fully saturated rings. The fourth-order valence-electron chi connectivity index (χ4n) is 1.66. The quantitative estimate of drug-likeness (QED) is 0.461. The van der Waals surface area contributed by atoms with E-state index in [9.17, 15) is 9.90 Å². The Morgan fingerprint density at radius 1 is 1.53 bits per heavy atom. The maximum Gasteiger partial charge on any atom is 0.302 e. The van der Waals surface area contributed by atoms with Gasteiger partial charge in [-0.1, -0.05) is 19.6 Å². The minimum absolute atomic E-state index is 0.211. The van der Waals surface area contributed by atoms with Gasteiger partial charge < -0.3 is 9.84 Å². The summed E-state index contributed by atoms with van der Waals surface area (Å²) in [5, 5.41) is 9.30. The molecule has 2 unspecified atom stereocenters. The fourth-order valence-corrected chi connectivity index (χ4v) is 1.66. The molecule has 0 aromatic rings. The first-order chi connectivity index (χ1) is 8.94. The second-order valence-electron chi connectivity index (χ2n) is 4.74. The van der Waals surface area contributed by atoms with E-state index in [2.05, 4.69) is 18.2 Å². The molecule has 19 heavy (non-hydrogen) atoms. The fraction of sp³-hybridized carbons (Fsp3) is 0.562. The number of rotatable bonds is 5. The van der Waals surface area contributed by atoms with Crippen LogP contribution in [-0.2, 0) is 9.53 Å². The molecule has 0 aliphatic heterocycles. The van der Waals surface area contributed by atoms with Crippen molar-refractivity contribution in [3.05, 3.63) is 36.1 Å². The van der Waals surface area contributed by atoms with Crippen LogP contribution < -0.4 is 0 Å². The highest BCUT2D eigenvalue weighted by molar-refractivity contribution is 5.65. The molecule has 3 heteroatoms. The number of carbonyl (C=O) groups excluding carboxylic acids is 1. The van der Waals surface area contributed by atoms with Gasteiger partial charge >= 0.3 is 5.97 Å². The van der Waals surface area contributed by atoms with Crippen LogP contribution in [0.1, 0.15) is 40.5 Å². The zero-order valence-corrected chi connectivity index (χ0v) is 12.5. The number of hydrogen-bond acceptors (Lipinski definition) is 3. The third-order valence-electron chi connectivity index (χ3n) is 3.01. The van der Waals surface area contributed by atoms with Crippen LogP contribution in [-0.4, -0.2) is 17.7 Å². The van der Waals surface area contributed by atoms with E-state index >= 15 is 0 Å². The Morgan fingerprint density at radius 2 is 2.11 bits per heavy atom. The molecule has 0 aromatic carbocycles. The molecular formula is C16H26O3. The largest absolute Gasteiger partial charge is 0.508 e. The van der Waals surface area contributed by atoms with Gasteiger partial charge in [-0.05, 0) is 56.3 Å². The van der Waals surface area contributed by atoms with Gasteiger partial charge in [-0.15, -0.1) is 0 Å². The second-order valence-corrected chi connectivity index (χ2v) is 4.74. The van der Waals surface area contributed by atoms with Crippen LogP contribution in [0.4, 0.5) is 0 Å². The monoisotopic (exact) mass is 266 g/mol. The van der Waals surface area contributed by atoms with E-state index in [1.807, 2.05) is 13.0 Å². The molecule has 1 aliphatic rings. The van der Waals surface area contributed by atoms with E-state index in [1.54, 1.807) is 19.1 Å². The van der Waals surface area contributed by atoms with Crippen LogP contribution in [0.15, 0.2) is 36.1 Å². The van der Waals surface area contributed by atoms with E-state index in [0.717, 1.165) is 23.8 Å². The molecule has 1 rings (SSSR count). The first kappa shape index (κ1) is 17.5. The normalized spacial score (nSPS) is 22.1. The third-order valence-corrected chi connectivity index (χ3v) is 3.01. The van der Waals surface area contributed by atoms with Crippen molar-refractivity contribution in [2.75, 3.05) is 6.61 Å². The minimum Gasteiger partial charge on any atom is -0.508 e. The van der Waals surface area contributed by atoms with Gasteiger partial charge in [-0.25, -0.2) is 0 Å². The molecule has 0 bridgehead atoms. The predicted octanol–water partition coefficient (Wildman–Crippen LogP) is 4.18. The van der Waals surface area contributed by atoms with Crippen LogP contribution >= 0.6 is 0 Å². The molecule has 0 saturated heterocycles. The zero-order valence-electron chi connectivity index (χ0n) is 12.5. The molecule has 1 N–H and O–H groups in total. The first-order valence-electron chi connectivity index (χ1n) is 6.76. The van der Waals surface area contributed by atoms with Crippen molar-refractivity contribution in [2.24, 2.45) is 11.8 Å². The smallest absolute Gasteiger partial charge is 0.302 e. The zero-order chi connectivity index (χ0) is 14.8. The van der Waals surface area contributed by atoms with Gasteiger partial charge in [0.1, 0.15) is 5.76 Å². The van der Waals surface area contributed by atoms with Gasteiger partial charge in [-0.2, -0.15) is 0 Å². The highest BCUT2D eigenvalue weighted by Gasteiger charge is 2.32. The predicted molar refractivity (Wildman–Crippen MR) is 78.9 cm³/mol. The van der Waals surface area contributed by atoms with Crippen LogP contribution in [0, 0.1) is 11.8 Å². The lowest BCUT2D eigenvalue weighted by Crippen LogP contribution is -1.95. The Kier molecular flexibility index (Phi) is 8.68. The molecule has 0 amide bonds. The summed E-state index contributed by atoms with van der Waals surface area (Å²) in [6, 6.07) is 0. The number of aliphatic hydroxyl groups excluding tert-OH is 1. The molecule has 0 aromatic heterocycles. The molecule has 108 valence electrons. The summed E-state index contributed by atoms with van der Waals surface area (Å²) in [7, 11) is 0. The van der Waals surface area contributed by atoms with Gasteiger partial charge in [0.25, 0.3) is 0 Å². The van der Waals surface area contributed by atoms with E-state index in [0.29, 0.717) is 12.4 Å². The van der Waals surface area contributed by atoms with Gasteiger partial charge in [0.2, 0.25) is 0 Å². The summed E-state index contributed by atoms with van der Waals surface area (Å²) in [6.07, 6.45) is 7.72. The summed E-state index contributed by atoms with van der Waals surface area (Å²) in [4.78, 5) is 9.82. The lowest BCUT2D eigenvalue weighted by molar-refractivity contribution is -0.140. The number of esters is 1. The van der Waals surface area contributed by atoms with Crippen LogP contribution in [0.5, 0.6) is 0 Å². The van der Waals surface area contributed by atoms with Gasteiger partial charge in [0.15, 0.2) is 0 Å². The number of hydrogen-bond donors (Lipinski definition) is 1. The van der Waals surface area contributed by atoms with Crippen molar-refractivity contribution in [1.82, 2.24) is 0 Å². The number of carbonyl (C=O) groups is 1. The molecular weight excluding hydrogens is 240 g/mol. The van der Waals surface area contributed by atoms with Crippen LogP contribution in [0.3, 0.4) is 0 Å².